The molecule has 0 radical (unpaired) electrons. The normalized spacial score (nSPS) is 19.4. The second-order valence-electron chi connectivity index (χ2n) is 4.60. The molecule has 1 heterocycles. The van der Waals surface area contributed by atoms with Gasteiger partial charge in [-0.3, -0.25) is 9.59 Å². The third-order valence-electron chi connectivity index (χ3n) is 3.20. The van der Waals surface area contributed by atoms with Gasteiger partial charge in [-0.25, -0.2) is 0 Å². The predicted octanol–water partition coefficient (Wildman–Crippen LogP) is -0.841. The standard InChI is InChI=1S/C12H23N3O3/c1-13-4-5-14(2)12(17)10-8-11(16)15(9-10)6-7-18-3/h10,13H,4-9H2,1-3H3. The lowest BCUT2D eigenvalue weighted by Gasteiger charge is -2.21. The summed E-state index contributed by atoms with van der Waals surface area (Å²) in [4.78, 5) is 27.2. The summed E-state index contributed by atoms with van der Waals surface area (Å²) >= 11 is 0. The van der Waals surface area contributed by atoms with Gasteiger partial charge in [-0.1, -0.05) is 0 Å². The fraction of sp³-hybridized carbons (Fsp3) is 0.833. The molecule has 0 aliphatic carbocycles. The summed E-state index contributed by atoms with van der Waals surface area (Å²) in [5, 5.41) is 3.00. The molecule has 1 rings (SSSR count). The number of nitrogens with one attached hydrogen (secondary N) is 1. The van der Waals surface area contributed by atoms with Crippen molar-refractivity contribution in [2.24, 2.45) is 5.92 Å². The summed E-state index contributed by atoms with van der Waals surface area (Å²) in [5.41, 5.74) is 0. The number of carbonyl (C=O) groups is 2. The van der Waals surface area contributed by atoms with Crippen molar-refractivity contribution in [1.29, 1.82) is 0 Å². The molecule has 0 aromatic heterocycles. The summed E-state index contributed by atoms with van der Waals surface area (Å²) in [5.74, 6) is -0.0952. The van der Waals surface area contributed by atoms with E-state index in [0.717, 1.165) is 6.54 Å². The van der Waals surface area contributed by atoms with Gasteiger partial charge in [-0.2, -0.15) is 0 Å². The predicted molar refractivity (Wildman–Crippen MR) is 68.1 cm³/mol. The maximum Gasteiger partial charge on any atom is 0.227 e. The molecular formula is C12H23N3O3. The highest BCUT2D eigenvalue weighted by Gasteiger charge is 2.35. The average Bonchev–Trinajstić information content (AvgIpc) is 2.73. The molecule has 1 aliphatic heterocycles. The van der Waals surface area contributed by atoms with E-state index in [9.17, 15) is 9.59 Å². The van der Waals surface area contributed by atoms with Crippen molar-refractivity contribution < 1.29 is 14.3 Å². The molecule has 104 valence electrons. The Kier molecular flexibility index (Phi) is 6.07. The molecule has 1 saturated heterocycles. The van der Waals surface area contributed by atoms with Crippen LogP contribution in [0, 0.1) is 5.92 Å². The molecule has 6 heteroatoms. The van der Waals surface area contributed by atoms with Gasteiger partial charge in [0.15, 0.2) is 0 Å². The number of likely N-dealkylation sites (N-methyl/N-ethyl adjacent to an activating group) is 2. The van der Waals surface area contributed by atoms with Gasteiger partial charge in [0, 0.05) is 46.8 Å². The topological polar surface area (TPSA) is 61.9 Å². The van der Waals surface area contributed by atoms with Gasteiger partial charge in [0.1, 0.15) is 0 Å². The van der Waals surface area contributed by atoms with Crippen molar-refractivity contribution in [1.82, 2.24) is 15.1 Å². The molecule has 1 fully saturated rings. The zero-order chi connectivity index (χ0) is 13.5. The van der Waals surface area contributed by atoms with Crippen LogP contribution in [0.3, 0.4) is 0 Å². The highest BCUT2D eigenvalue weighted by Crippen LogP contribution is 2.19. The van der Waals surface area contributed by atoms with E-state index in [2.05, 4.69) is 5.32 Å². The first-order valence-corrected chi connectivity index (χ1v) is 6.26. The Hall–Kier alpha value is -1.14. The minimum atomic E-state index is -0.198. The molecule has 1 atom stereocenters. The van der Waals surface area contributed by atoms with Gasteiger partial charge in [-0.05, 0) is 7.05 Å². The van der Waals surface area contributed by atoms with Gasteiger partial charge in [-0.15, -0.1) is 0 Å². The summed E-state index contributed by atoms with van der Waals surface area (Å²) in [6, 6.07) is 0. The molecule has 0 spiro atoms. The lowest BCUT2D eigenvalue weighted by atomic mass is 10.1. The number of amides is 2. The molecule has 0 bridgehead atoms. The quantitative estimate of drug-likeness (QED) is 0.646. The lowest BCUT2D eigenvalue weighted by Crippen LogP contribution is -2.38. The number of likely N-dealkylation sites (tertiary alicyclic amines) is 1. The third-order valence-corrected chi connectivity index (χ3v) is 3.20. The number of hydrogen-bond acceptors (Lipinski definition) is 4. The highest BCUT2D eigenvalue weighted by atomic mass is 16.5. The number of carbonyl (C=O) groups excluding carboxylic acids is 2. The van der Waals surface area contributed by atoms with E-state index < -0.39 is 0 Å². The van der Waals surface area contributed by atoms with Crippen molar-refractivity contribution in [3.05, 3.63) is 0 Å². The second kappa shape index (κ2) is 7.33. The van der Waals surface area contributed by atoms with Crippen LogP contribution >= 0.6 is 0 Å². The summed E-state index contributed by atoms with van der Waals surface area (Å²) in [6.07, 6.45) is 0.326. The van der Waals surface area contributed by atoms with Gasteiger partial charge in [0.25, 0.3) is 0 Å². The van der Waals surface area contributed by atoms with Crippen LogP contribution in [0.25, 0.3) is 0 Å². The molecule has 0 aromatic rings. The fourth-order valence-corrected chi connectivity index (χ4v) is 2.06. The molecule has 1 unspecified atom stereocenters. The Morgan fingerprint density at radius 1 is 1.61 bits per heavy atom. The van der Waals surface area contributed by atoms with E-state index in [4.69, 9.17) is 4.74 Å². The Bertz CT molecular complexity index is 296. The fourth-order valence-electron chi connectivity index (χ4n) is 2.06. The number of hydrogen-bond donors (Lipinski definition) is 1. The number of nitrogens with zero attached hydrogens (tertiary/aromatic N) is 2. The van der Waals surface area contributed by atoms with Gasteiger partial charge >= 0.3 is 0 Å². The number of rotatable bonds is 7. The summed E-state index contributed by atoms with van der Waals surface area (Å²) in [6.45, 7) is 3.03. The second-order valence-corrected chi connectivity index (χ2v) is 4.60. The smallest absolute Gasteiger partial charge is 0.227 e. The molecule has 2 amide bonds. The summed E-state index contributed by atoms with van der Waals surface area (Å²) < 4.78 is 4.95. The van der Waals surface area contributed by atoms with Crippen LogP contribution in [-0.4, -0.2) is 75.6 Å². The van der Waals surface area contributed by atoms with Gasteiger partial charge in [0.05, 0.1) is 12.5 Å². The van der Waals surface area contributed by atoms with Crippen LogP contribution in [0.2, 0.25) is 0 Å². The third kappa shape index (κ3) is 3.96. The zero-order valence-electron chi connectivity index (χ0n) is 11.4. The lowest BCUT2D eigenvalue weighted by molar-refractivity contribution is -0.134. The Morgan fingerprint density at radius 2 is 2.33 bits per heavy atom. The minimum Gasteiger partial charge on any atom is -0.383 e. The molecule has 1 aliphatic rings. The number of ether oxygens (including phenoxy) is 1. The van der Waals surface area contributed by atoms with E-state index in [-0.39, 0.29) is 17.7 Å². The van der Waals surface area contributed by atoms with Crippen LogP contribution in [0.4, 0.5) is 0 Å². The van der Waals surface area contributed by atoms with Gasteiger partial charge < -0.3 is 19.9 Å². The Labute approximate surface area is 108 Å². The van der Waals surface area contributed by atoms with Crippen LogP contribution in [0.1, 0.15) is 6.42 Å². The molecular weight excluding hydrogens is 234 g/mol. The van der Waals surface area contributed by atoms with Crippen molar-refractivity contribution in [3.8, 4) is 0 Å². The SMILES string of the molecule is CNCCN(C)C(=O)C1CC(=O)N(CCOC)C1. The van der Waals surface area contributed by atoms with Crippen molar-refractivity contribution >= 4 is 11.8 Å². The van der Waals surface area contributed by atoms with E-state index in [1.807, 2.05) is 7.05 Å². The average molecular weight is 257 g/mol. The highest BCUT2D eigenvalue weighted by molar-refractivity contribution is 5.89. The number of methoxy groups -OCH3 is 1. The van der Waals surface area contributed by atoms with E-state index >= 15 is 0 Å². The minimum absolute atomic E-state index is 0.0485. The monoisotopic (exact) mass is 257 g/mol. The Morgan fingerprint density at radius 3 is 2.94 bits per heavy atom. The molecule has 0 aromatic carbocycles. The van der Waals surface area contributed by atoms with E-state index in [1.165, 1.54) is 0 Å². The van der Waals surface area contributed by atoms with Crippen molar-refractivity contribution in [2.75, 3.05) is 54.0 Å². The van der Waals surface area contributed by atoms with E-state index in [1.54, 1.807) is 24.0 Å². The molecule has 0 saturated carbocycles. The largest absolute Gasteiger partial charge is 0.383 e. The van der Waals surface area contributed by atoms with Crippen LogP contribution in [0.5, 0.6) is 0 Å². The van der Waals surface area contributed by atoms with Crippen LogP contribution < -0.4 is 5.32 Å². The first-order chi connectivity index (χ1) is 8.60. The molecule has 6 nitrogen and oxygen atoms in total. The molecule has 18 heavy (non-hydrogen) atoms. The molecule has 1 N–H and O–H groups in total. The van der Waals surface area contributed by atoms with Crippen molar-refractivity contribution in [3.63, 3.8) is 0 Å². The van der Waals surface area contributed by atoms with E-state index in [0.29, 0.717) is 32.7 Å². The zero-order valence-corrected chi connectivity index (χ0v) is 11.4. The van der Waals surface area contributed by atoms with Crippen molar-refractivity contribution in [2.45, 2.75) is 6.42 Å². The van der Waals surface area contributed by atoms with Gasteiger partial charge in [0.2, 0.25) is 11.8 Å². The van der Waals surface area contributed by atoms with Crippen LogP contribution in [0.15, 0.2) is 0 Å². The Balaban J connectivity index is 2.43. The summed E-state index contributed by atoms with van der Waals surface area (Å²) in [7, 11) is 5.24. The van der Waals surface area contributed by atoms with Crippen LogP contribution in [-0.2, 0) is 14.3 Å². The first kappa shape index (κ1) is 14.9. The maximum atomic E-state index is 12.1. The first-order valence-electron chi connectivity index (χ1n) is 6.26. The maximum absolute atomic E-state index is 12.1.